The van der Waals surface area contributed by atoms with Crippen LogP contribution in [0.2, 0.25) is 0 Å². The van der Waals surface area contributed by atoms with E-state index in [4.69, 9.17) is 0 Å². The minimum absolute atomic E-state index is 0.180. The zero-order valence-corrected chi connectivity index (χ0v) is 10.0. The summed E-state index contributed by atoms with van der Waals surface area (Å²) in [5.74, 6) is 0. The van der Waals surface area contributed by atoms with Gasteiger partial charge in [-0.15, -0.1) is 11.3 Å². The molecule has 1 aliphatic carbocycles. The van der Waals surface area contributed by atoms with Crippen LogP contribution in [0.15, 0.2) is 17.5 Å². The van der Waals surface area contributed by atoms with Crippen molar-refractivity contribution in [3.63, 3.8) is 0 Å². The van der Waals surface area contributed by atoms with Gasteiger partial charge in [0.1, 0.15) is 5.54 Å². The smallest absolute Gasteiger partial charge is 0.109 e. The zero-order chi connectivity index (χ0) is 10.9. The summed E-state index contributed by atoms with van der Waals surface area (Å²) in [6.07, 6.45) is 2.32. The fourth-order valence-corrected chi connectivity index (χ4v) is 2.40. The van der Waals surface area contributed by atoms with E-state index < -0.39 is 0 Å². The quantitative estimate of drug-likeness (QED) is 0.847. The Bertz CT molecular complexity index is 373. The van der Waals surface area contributed by atoms with Gasteiger partial charge in [-0.05, 0) is 36.6 Å². The highest BCUT2D eigenvalue weighted by atomic mass is 32.1. The van der Waals surface area contributed by atoms with Crippen molar-refractivity contribution in [2.75, 3.05) is 0 Å². The van der Waals surface area contributed by atoms with E-state index in [-0.39, 0.29) is 11.0 Å². The summed E-state index contributed by atoms with van der Waals surface area (Å²) < 4.78 is 0. The maximum absolute atomic E-state index is 9.28. The summed E-state index contributed by atoms with van der Waals surface area (Å²) in [5, 5.41) is 14.7. The van der Waals surface area contributed by atoms with E-state index >= 15 is 0 Å². The van der Waals surface area contributed by atoms with Gasteiger partial charge in [0.25, 0.3) is 0 Å². The molecule has 0 aliphatic heterocycles. The normalized spacial score (nSPS) is 21.7. The Kier molecular flexibility index (Phi) is 2.57. The van der Waals surface area contributed by atoms with Gasteiger partial charge in [-0.25, -0.2) is 0 Å². The first kappa shape index (κ1) is 10.7. The second-order valence-corrected chi connectivity index (χ2v) is 5.76. The fourth-order valence-electron chi connectivity index (χ4n) is 1.75. The monoisotopic (exact) mass is 220 g/mol. The van der Waals surface area contributed by atoms with Crippen molar-refractivity contribution in [2.45, 2.75) is 38.8 Å². The van der Waals surface area contributed by atoms with Crippen LogP contribution in [0.25, 0.3) is 0 Å². The number of rotatable bonds is 4. The van der Waals surface area contributed by atoms with Gasteiger partial charge in [0.15, 0.2) is 0 Å². The molecule has 0 aromatic carbocycles. The molecular weight excluding hydrogens is 204 g/mol. The Morgan fingerprint density at radius 2 is 2.40 bits per heavy atom. The predicted molar refractivity (Wildman–Crippen MR) is 62.5 cm³/mol. The Morgan fingerprint density at radius 3 is 2.87 bits per heavy atom. The first-order valence-corrected chi connectivity index (χ1v) is 6.16. The molecule has 1 heterocycles. The highest BCUT2D eigenvalue weighted by Gasteiger charge is 2.53. The van der Waals surface area contributed by atoms with Gasteiger partial charge in [0.2, 0.25) is 0 Å². The molecule has 1 saturated carbocycles. The molecule has 0 bridgehead atoms. The molecule has 1 aromatic rings. The van der Waals surface area contributed by atoms with Crippen molar-refractivity contribution in [3.8, 4) is 6.07 Å². The van der Waals surface area contributed by atoms with Gasteiger partial charge in [-0.1, -0.05) is 13.0 Å². The van der Waals surface area contributed by atoms with E-state index in [2.05, 4.69) is 29.8 Å². The van der Waals surface area contributed by atoms with Crippen molar-refractivity contribution in [2.24, 2.45) is 5.41 Å². The molecule has 1 atom stereocenters. The Balaban J connectivity index is 2.01. The third-order valence-corrected chi connectivity index (χ3v) is 4.50. The highest BCUT2D eigenvalue weighted by molar-refractivity contribution is 7.09. The summed E-state index contributed by atoms with van der Waals surface area (Å²) in [6.45, 7) is 5.02. The van der Waals surface area contributed by atoms with Crippen LogP contribution in [0.5, 0.6) is 0 Å². The lowest BCUT2D eigenvalue weighted by molar-refractivity contribution is 0.295. The topological polar surface area (TPSA) is 35.8 Å². The maximum Gasteiger partial charge on any atom is 0.109 e. The van der Waals surface area contributed by atoms with Gasteiger partial charge in [0.05, 0.1) is 6.07 Å². The highest BCUT2D eigenvalue weighted by Crippen LogP contribution is 2.53. The molecule has 1 aliphatic rings. The van der Waals surface area contributed by atoms with E-state index in [0.717, 1.165) is 19.4 Å². The molecule has 1 fully saturated rings. The van der Waals surface area contributed by atoms with Gasteiger partial charge < -0.3 is 0 Å². The molecule has 1 aromatic heterocycles. The lowest BCUT2D eigenvalue weighted by atomic mass is 9.85. The lowest BCUT2D eigenvalue weighted by Gasteiger charge is -2.30. The first-order chi connectivity index (χ1) is 7.10. The van der Waals surface area contributed by atoms with E-state index in [9.17, 15) is 5.26 Å². The molecular formula is C12H16N2S. The third-order valence-electron chi connectivity index (χ3n) is 3.63. The van der Waals surface area contributed by atoms with Crippen LogP contribution in [0.3, 0.4) is 0 Å². The lowest BCUT2D eigenvalue weighted by Crippen LogP contribution is -2.47. The number of hydrogen-bond acceptors (Lipinski definition) is 3. The standard InChI is InChI=1S/C12H16N2S/c1-11(5-6-11)12(2,9-13)14-8-10-4-3-7-15-10/h3-4,7,14H,5-6,8H2,1-2H3. The molecule has 0 saturated heterocycles. The molecule has 1 unspecified atom stereocenters. The second kappa shape index (κ2) is 3.62. The van der Waals surface area contributed by atoms with Gasteiger partial charge >= 0.3 is 0 Å². The number of hydrogen-bond donors (Lipinski definition) is 1. The summed E-state index contributed by atoms with van der Waals surface area (Å²) in [7, 11) is 0. The summed E-state index contributed by atoms with van der Waals surface area (Å²) in [6, 6.07) is 6.58. The molecule has 2 nitrogen and oxygen atoms in total. The van der Waals surface area contributed by atoms with Crippen LogP contribution >= 0.6 is 11.3 Å². The average Bonchev–Trinajstić information content (AvgIpc) is 2.82. The minimum Gasteiger partial charge on any atom is -0.294 e. The van der Waals surface area contributed by atoms with Crippen molar-refractivity contribution in [3.05, 3.63) is 22.4 Å². The fraction of sp³-hybridized carbons (Fsp3) is 0.583. The maximum atomic E-state index is 9.28. The number of thiophene rings is 1. The zero-order valence-electron chi connectivity index (χ0n) is 9.21. The van der Waals surface area contributed by atoms with Crippen molar-refractivity contribution in [1.82, 2.24) is 5.32 Å². The molecule has 3 heteroatoms. The Morgan fingerprint density at radius 1 is 1.67 bits per heavy atom. The number of nitrogens with one attached hydrogen (secondary N) is 1. The van der Waals surface area contributed by atoms with Crippen molar-refractivity contribution in [1.29, 1.82) is 5.26 Å². The largest absolute Gasteiger partial charge is 0.294 e. The van der Waals surface area contributed by atoms with E-state index in [1.54, 1.807) is 11.3 Å². The summed E-state index contributed by atoms with van der Waals surface area (Å²) >= 11 is 1.73. The van der Waals surface area contributed by atoms with Crippen LogP contribution in [-0.2, 0) is 6.54 Å². The first-order valence-electron chi connectivity index (χ1n) is 5.28. The van der Waals surface area contributed by atoms with Gasteiger partial charge in [-0.3, -0.25) is 5.32 Å². The Hall–Kier alpha value is -0.850. The molecule has 0 spiro atoms. The van der Waals surface area contributed by atoms with Crippen LogP contribution in [0.1, 0.15) is 31.6 Å². The molecule has 0 amide bonds. The van der Waals surface area contributed by atoms with Crippen LogP contribution in [0, 0.1) is 16.7 Å². The average molecular weight is 220 g/mol. The van der Waals surface area contributed by atoms with Crippen molar-refractivity contribution < 1.29 is 0 Å². The predicted octanol–water partition coefficient (Wildman–Crippen LogP) is 2.92. The van der Waals surface area contributed by atoms with E-state index in [0.29, 0.717) is 0 Å². The van der Waals surface area contributed by atoms with Gasteiger partial charge in [0, 0.05) is 11.4 Å². The molecule has 0 radical (unpaired) electrons. The SMILES string of the molecule is CC1(C(C)(C#N)NCc2cccs2)CC1. The number of nitrogens with zero attached hydrogens (tertiary/aromatic N) is 1. The molecule has 80 valence electrons. The van der Waals surface area contributed by atoms with Gasteiger partial charge in [-0.2, -0.15) is 5.26 Å². The molecule has 2 rings (SSSR count). The second-order valence-electron chi connectivity index (χ2n) is 4.73. The van der Waals surface area contributed by atoms with Crippen LogP contribution < -0.4 is 5.32 Å². The Labute approximate surface area is 94.9 Å². The molecule has 15 heavy (non-hydrogen) atoms. The summed E-state index contributed by atoms with van der Waals surface area (Å²) in [5.41, 5.74) is -0.198. The summed E-state index contributed by atoms with van der Waals surface area (Å²) in [4.78, 5) is 1.29. The minimum atomic E-state index is -0.378. The van der Waals surface area contributed by atoms with Crippen molar-refractivity contribution >= 4 is 11.3 Å². The third kappa shape index (κ3) is 1.92. The van der Waals surface area contributed by atoms with E-state index in [1.807, 2.05) is 13.0 Å². The number of nitriles is 1. The van der Waals surface area contributed by atoms with Crippen LogP contribution in [0.4, 0.5) is 0 Å². The van der Waals surface area contributed by atoms with Crippen LogP contribution in [-0.4, -0.2) is 5.54 Å². The molecule has 1 N–H and O–H groups in total. The van der Waals surface area contributed by atoms with E-state index in [1.165, 1.54) is 4.88 Å².